The number of carboxylic acid groups (broad SMARTS) is 1. The summed E-state index contributed by atoms with van der Waals surface area (Å²) in [5, 5.41) is 11.9. The van der Waals surface area contributed by atoms with Crippen LogP contribution in [0, 0.1) is 0 Å². The number of rotatable bonds is 10. The van der Waals surface area contributed by atoms with E-state index in [1.807, 2.05) is 24.3 Å². The molecule has 1 amide bonds. The summed E-state index contributed by atoms with van der Waals surface area (Å²) in [4.78, 5) is 29.3. The monoisotopic (exact) mass is 501 g/mol. The maximum absolute atomic E-state index is 12.6. The van der Waals surface area contributed by atoms with Crippen molar-refractivity contribution in [2.75, 3.05) is 6.54 Å². The molecule has 0 unspecified atom stereocenters. The van der Waals surface area contributed by atoms with Gasteiger partial charge in [-0.15, -0.1) is 11.3 Å². The number of aliphatic carboxylic acids is 1. The fourth-order valence-corrected chi connectivity index (χ4v) is 5.19. The van der Waals surface area contributed by atoms with Crippen LogP contribution in [0.15, 0.2) is 76.6 Å². The molecule has 34 heavy (non-hydrogen) atoms. The molecule has 0 aliphatic rings. The smallest absolute Gasteiger partial charge is 0.323 e. The van der Waals surface area contributed by atoms with Crippen molar-refractivity contribution < 1.29 is 23.1 Å². The minimum Gasteiger partial charge on any atom is -0.480 e. The van der Waals surface area contributed by atoms with Crippen LogP contribution in [0.3, 0.4) is 0 Å². The van der Waals surface area contributed by atoms with Gasteiger partial charge < -0.3 is 21.9 Å². The number of nitrogens with two attached hydrogens (primary N) is 2. The van der Waals surface area contributed by atoms with Crippen molar-refractivity contribution in [3.8, 4) is 10.4 Å². The Kier molecular flexibility index (Phi) is 7.99. The fourth-order valence-electron chi connectivity index (χ4n) is 3.00. The number of guanidine groups is 1. The Hall–Kier alpha value is -3.74. The van der Waals surface area contributed by atoms with Crippen molar-refractivity contribution in [3.05, 3.63) is 77.2 Å². The van der Waals surface area contributed by atoms with E-state index in [2.05, 4.69) is 15.0 Å². The Morgan fingerprint density at radius 1 is 1.00 bits per heavy atom. The molecule has 0 saturated carbocycles. The number of nitrogens with one attached hydrogen (secondary N) is 2. The first-order chi connectivity index (χ1) is 16.2. The van der Waals surface area contributed by atoms with Gasteiger partial charge in [0.1, 0.15) is 6.04 Å². The second-order valence-electron chi connectivity index (χ2n) is 7.10. The number of carboxylic acids is 1. The number of carbonyl (C=O) groups is 2. The molecule has 7 N–H and O–H groups in total. The van der Waals surface area contributed by atoms with Crippen molar-refractivity contribution in [2.24, 2.45) is 16.5 Å². The highest BCUT2D eigenvalue weighted by molar-refractivity contribution is 7.89. The molecule has 178 valence electrons. The largest absolute Gasteiger partial charge is 0.480 e. The Morgan fingerprint density at radius 3 is 2.35 bits per heavy atom. The van der Waals surface area contributed by atoms with Gasteiger partial charge in [-0.05, 0) is 35.4 Å². The van der Waals surface area contributed by atoms with E-state index >= 15 is 0 Å². The highest BCUT2D eigenvalue weighted by atomic mass is 32.2. The Labute approximate surface area is 200 Å². The number of sulfonamides is 1. The molecule has 12 heteroatoms. The van der Waals surface area contributed by atoms with E-state index in [0.717, 1.165) is 16.0 Å². The van der Waals surface area contributed by atoms with Crippen LogP contribution < -0.4 is 21.5 Å². The molecular weight excluding hydrogens is 478 g/mol. The number of hydrogen-bond donors (Lipinski definition) is 5. The molecule has 0 spiro atoms. The molecule has 1 atom stereocenters. The van der Waals surface area contributed by atoms with Crippen LogP contribution in [-0.4, -0.2) is 43.9 Å². The lowest BCUT2D eigenvalue weighted by molar-refractivity contribution is -0.138. The zero-order chi connectivity index (χ0) is 24.7. The highest BCUT2D eigenvalue weighted by Gasteiger charge is 2.26. The molecule has 3 aromatic rings. The maximum atomic E-state index is 12.6. The fraction of sp³-hybridized carbons (Fsp3) is 0.136. The third-order valence-corrected chi connectivity index (χ3v) is 7.27. The zero-order valence-corrected chi connectivity index (χ0v) is 19.5. The summed E-state index contributed by atoms with van der Waals surface area (Å²) in [6, 6.07) is 16.7. The first-order valence-electron chi connectivity index (χ1n) is 9.99. The second kappa shape index (κ2) is 10.9. The van der Waals surface area contributed by atoms with Crippen LogP contribution in [0.4, 0.5) is 0 Å². The Balaban J connectivity index is 1.70. The van der Waals surface area contributed by atoms with Gasteiger partial charge in [-0.3, -0.25) is 9.59 Å². The lowest BCUT2D eigenvalue weighted by atomic mass is 10.1. The maximum Gasteiger partial charge on any atom is 0.323 e. The molecule has 10 nitrogen and oxygen atoms in total. The lowest BCUT2D eigenvalue weighted by Crippen LogP contribution is -2.48. The van der Waals surface area contributed by atoms with E-state index in [4.69, 9.17) is 11.5 Å². The van der Waals surface area contributed by atoms with Gasteiger partial charge in [0, 0.05) is 11.4 Å². The van der Waals surface area contributed by atoms with Gasteiger partial charge in [0.2, 0.25) is 10.0 Å². The van der Waals surface area contributed by atoms with Gasteiger partial charge in [-0.1, -0.05) is 42.5 Å². The van der Waals surface area contributed by atoms with Crippen molar-refractivity contribution in [1.29, 1.82) is 0 Å². The summed E-state index contributed by atoms with van der Waals surface area (Å²) in [6.07, 6.45) is 0. The summed E-state index contributed by atoms with van der Waals surface area (Å²) < 4.78 is 27.0. The molecule has 1 heterocycles. The number of nitrogens with zero attached hydrogens (tertiary/aromatic N) is 1. The molecular formula is C22H23N5O5S2. The summed E-state index contributed by atoms with van der Waals surface area (Å²) in [7, 11) is -4.07. The molecule has 3 rings (SSSR count). The van der Waals surface area contributed by atoms with Gasteiger partial charge in [0.25, 0.3) is 5.91 Å². The zero-order valence-electron chi connectivity index (χ0n) is 17.8. The third-order valence-electron chi connectivity index (χ3n) is 4.66. The molecule has 0 fully saturated rings. The quantitative estimate of drug-likeness (QED) is 0.206. The molecule has 0 aliphatic heterocycles. The second-order valence-corrected chi connectivity index (χ2v) is 9.90. The van der Waals surface area contributed by atoms with Crippen LogP contribution in [-0.2, 0) is 21.4 Å². The predicted molar refractivity (Wildman–Crippen MR) is 130 cm³/mol. The minimum absolute atomic E-state index is 0.0306. The normalized spacial score (nSPS) is 12.0. The standard InChI is InChI=1S/C22H23N5O5S2/c23-22(24)26-12-14-6-4-5-9-16(14)18-10-11-19(33-18)20(28)25-13-17(21(29)30)27-34(31,32)15-7-2-1-3-8-15/h1-11,17,27H,12-13H2,(H,25,28)(H,29,30)(H4,23,24,26)/t17-/m0/s1. The molecule has 0 radical (unpaired) electrons. The molecule has 0 saturated heterocycles. The highest BCUT2D eigenvalue weighted by Crippen LogP contribution is 2.31. The lowest BCUT2D eigenvalue weighted by Gasteiger charge is -2.15. The summed E-state index contributed by atoms with van der Waals surface area (Å²) in [5.74, 6) is -1.97. The summed E-state index contributed by atoms with van der Waals surface area (Å²) >= 11 is 1.20. The Bertz CT molecular complexity index is 1300. The number of aliphatic imine (C=N–C) groups is 1. The summed E-state index contributed by atoms with van der Waals surface area (Å²) in [6.45, 7) is -0.158. The van der Waals surface area contributed by atoms with E-state index in [0.29, 0.717) is 4.88 Å². The van der Waals surface area contributed by atoms with Gasteiger partial charge in [0.05, 0.1) is 16.3 Å². The van der Waals surface area contributed by atoms with Crippen LogP contribution in [0.5, 0.6) is 0 Å². The predicted octanol–water partition coefficient (Wildman–Crippen LogP) is 1.35. The minimum atomic E-state index is -4.07. The first-order valence-corrected chi connectivity index (χ1v) is 12.3. The number of benzene rings is 2. The van der Waals surface area contributed by atoms with E-state index in [9.17, 15) is 23.1 Å². The molecule has 0 aliphatic carbocycles. The number of amides is 1. The van der Waals surface area contributed by atoms with E-state index in [1.54, 1.807) is 18.2 Å². The van der Waals surface area contributed by atoms with E-state index < -0.39 is 34.5 Å². The van der Waals surface area contributed by atoms with Gasteiger partial charge >= 0.3 is 5.97 Å². The topological polar surface area (TPSA) is 177 Å². The number of carbonyl (C=O) groups excluding carboxylic acids is 1. The third kappa shape index (κ3) is 6.41. The first kappa shape index (κ1) is 24.9. The average molecular weight is 502 g/mol. The van der Waals surface area contributed by atoms with Gasteiger partial charge in [-0.25, -0.2) is 13.4 Å². The number of thiophene rings is 1. The van der Waals surface area contributed by atoms with Crippen molar-refractivity contribution >= 4 is 39.2 Å². The van der Waals surface area contributed by atoms with Crippen molar-refractivity contribution in [1.82, 2.24) is 10.0 Å². The van der Waals surface area contributed by atoms with Crippen LogP contribution in [0.25, 0.3) is 10.4 Å². The SMILES string of the molecule is NC(N)=NCc1ccccc1-c1ccc(C(=O)NC[C@H](NS(=O)(=O)c2ccccc2)C(=O)O)s1. The Morgan fingerprint density at radius 2 is 1.68 bits per heavy atom. The molecule has 2 aromatic carbocycles. The summed E-state index contributed by atoms with van der Waals surface area (Å²) in [5.41, 5.74) is 12.6. The molecule has 1 aromatic heterocycles. The van der Waals surface area contributed by atoms with Gasteiger partial charge in [0.15, 0.2) is 5.96 Å². The average Bonchev–Trinajstić information content (AvgIpc) is 3.31. The van der Waals surface area contributed by atoms with Gasteiger partial charge in [-0.2, -0.15) is 4.72 Å². The molecule has 0 bridgehead atoms. The van der Waals surface area contributed by atoms with Crippen LogP contribution in [0.1, 0.15) is 15.2 Å². The van der Waals surface area contributed by atoms with Crippen LogP contribution in [0.2, 0.25) is 0 Å². The number of hydrogen-bond acceptors (Lipinski definition) is 6. The van der Waals surface area contributed by atoms with E-state index in [-0.39, 0.29) is 17.4 Å². The van der Waals surface area contributed by atoms with Crippen LogP contribution >= 0.6 is 11.3 Å². The van der Waals surface area contributed by atoms with E-state index in [1.165, 1.54) is 35.6 Å². The van der Waals surface area contributed by atoms with Crippen molar-refractivity contribution in [2.45, 2.75) is 17.5 Å². The van der Waals surface area contributed by atoms with Crippen molar-refractivity contribution in [3.63, 3.8) is 0 Å².